The van der Waals surface area contributed by atoms with Crippen LogP contribution in [0.4, 0.5) is 5.69 Å². The van der Waals surface area contributed by atoms with Gasteiger partial charge in [-0.3, -0.25) is 0 Å². The van der Waals surface area contributed by atoms with Crippen molar-refractivity contribution in [1.29, 1.82) is 0 Å². The first-order chi connectivity index (χ1) is 11.7. The van der Waals surface area contributed by atoms with Gasteiger partial charge in [-0.1, -0.05) is 18.2 Å². The molecule has 3 heterocycles. The molecule has 1 aliphatic rings. The predicted octanol–water partition coefficient (Wildman–Crippen LogP) is 3.13. The highest BCUT2D eigenvalue weighted by Crippen LogP contribution is 2.36. The minimum Gasteiger partial charge on any atom is -0.482 e. The van der Waals surface area contributed by atoms with Gasteiger partial charge in [0.2, 0.25) is 5.58 Å². The number of allylic oxidation sites excluding steroid dienone is 2. The average molecular weight is 320 g/mol. The number of pyridine rings is 1. The number of oxazole rings is 1. The van der Waals surface area contributed by atoms with Crippen LogP contribution in [0.2, 0.25) is 0 Å². The van der Waals surface area contributed by atoms with Gasteiger partial charge in [0.05, 0.1) is 26.0 Å². The number of hydrogen-bond acceptors (Lipinski definition) is 4. The minimum atomic E-state index is 0.577. The van der Waals surface area contributed by atoms with E-state index in [4.69, 9.17) is 9.15 Å². The van der Waals surface area contributed by atoms with E-state index in [1.807, 2.05) is 66.2 Å². The molecule has 2 aromatic heterocycles. The monoisotopic (exact) mass is 320 g/mol. The van der Waals surface area contributed by atoms with Crippen molar-refractivity contribution >= 4 is 28.6 Å². The molecule has 0 amide bonds. The molecule has 0 fully saturated rings. The quantitative estimate of drug-likeness (QED) is 0.680. The van der Waals surface area contributed by atoms with Crippen LogP contribution < -0.4 is 9.47 Å². The van der Waals surface area contributed by atoms with Gasteiger partial charge in [-0.15, -0.1) is 0 Å². The summed E-state index contributed by atoms with van der Waals surface area (Å²) in [5.41, 5.74) is 4.80. The molecule has 0 N–H and O–H groups in total. The first-order valence-corrected chi connectivity index (χ1v) is 7.73. The predicted molar refractivity (Wildman–Crippen MR) is 93.0 cm³/mol. The minimum absolute atomic E-state index is 0.577. The van der Waals surface area contributed by atoms with E-state index < -0.39 is 0 Å². The summed E-state index contributed by atoms with van der Waals surface area (Å²) in [5, 5.41) is 0. The first kappa shape index (κ1) is 14.5. The summed E-state index contributed by atoms with van der Waals surface area (Å²) in [6, 6.07) is 12.1. The van der Waals surface area contributed by atoms with Gasteiger partial charge in [0.1, 0.15) is 0 Å². The molecule has 0 atom stereocenters. The van der Waals surface area contributed by atoms with Crippen molar-refractivity contribution in [3.8, 4) is 0 Å². The lowest BCUT2D eigenvalue weighted by Gasteiger charge is -2.28. The van der Waals surface area contributed by atoms with Gasteiger partial charge in [0.15, 0.2) is 5.88 Å². The van der Waals surface area contributed by atoms with Crippen LogP contribution in [0.3, 0.4) is 0 Å². The molecule has 4 rings (SSSR count). The molecule has 0 unspecified atom stereocenters. The zero-order valence-corrected chi connectivity index (χ0v) is 13.9. The van der Waals surface area contributed by atoms with E-state index in [1.165, 1.54) is 0 Å². The summed E-state index contributed by atoms with van der Waals surface area (Å²) in [6.45, 7) is 0. The molecule has 0 saturated heterocycles. The van der Waals surface area contributed by atoms with Crippen molar-refractivity contribution in [3.05, 3.63) is 66.0 Å². The van der Waals surface area contributed by atoms with E-state index in [0.29, 0.717) is 5.89 Å². The maximum atomic E-state index is 5.87. The fourth-order valence-electron chi connectivity index (χ4n) is 2.98. The maximum Gasteiger partial charge on any atom is 0.370 e. The average Bonchev–Trinajstić information content (AvgIpc) is 3.01. The van der Waals surface area contributed by atoms with Crippen LogP contribution in [-0.2, 0) is 11.8 Å². The zero-order valence-electron chi connectivity index (χ0n) is 13.9. The fourth-order valence-corrected chi connectivity index (χ4v) is 2.98. The number of para-hydroxylation sites is 1. The van der Waals surface area contributed by atoms with E-state index in [-0.39, 0.29) is 0 Å². The summed E-state index contributed by atoms with van der Waals surface area (Å²) in [7, 11) is 5.62. The third-order valence-electron chi connectivity index (χ3n) is 4.22. The smallest absolute Gasteiger partial charge is 0.370 e. The molecule has 24 heavy (non-hydrogen) atoms. The Balaban J connectivity index is 1.88. The fraction of sp³-hybridized carbons (Fsp3) is 0.158. The second-order valence-electron chi connectivity index (χ2n) is 5.72. The lowest BCUT2D eigenvalue weighted by atomic mass is 9.99. The van der Waals surface area contributed by atoms with E-state index in [1.54, 1.807) is 7.11 Å². The number of aromatic nitrogens is 2. The van der Waals surface area contributed by atoms with Gasteiger partial charge in [0.25, 0.3) is 0 Å². The molecule has 0 bridgehead atoms. The third kappa shape index (κ3) is 2.25. The van der Waals surface area contributed by atoms with E-state index in [9.17, 15) is 0 Å². The van der Waals surface area contributed by atoms with Crippen molar-refractivity contribution in [2.24, 2.45) is 7.05 Å². The van der Waals surface area contributed by atoms with Gasteiger partial charge in [-0.2, -0.15) is 0 Å². The van der Waals surface area contributed by atoms with Crippen molar-refractivity contribution < 1.29 is 13.7 Å². The molecule has 0 aliphatic carbocycles. The van der Waals surface area contributed by atoms with E-state index in [0.717, 1.165) is 33.9 Å². The van der Waals surface area contributed by atoms with Gasteiger partial charge in [-0.25, -0.2) is 4.57 Å². The number of methoxy groups -OCH3 is 1. The molecule has 0 spiro atoms. The van der Waals surface area contributed by atoms with Crippen LogP contribution in [0.25, 0.3) is 22.9 Å². The number of nitrogens with zero attached hydrogens (tertiary/aromatic N) is 3. The molecular formula is C19H18N3O2+. The number of ether oxygens (including phenoxy) is 1. The molecule has 120 valence electrons. The van der Waals surface area contributed by atoms with Crippen molar-refractivity contribution in [2.75, 3.05) is 19.1 Å². The number of fused-ring (bicyclic) bond motifs is 2. The second-order valence-corrected chi connectivity index (χ2v) is 5.72. The maximum absolute atomic E-state index is 5.87. The Bertz CT molecular complexity index is 985. The molecule has 5 heteroatoms. The van der Waals surface area contributed by atoms with Crippen molar-refractivity contribution in [2.45, 2.75) is 0 Å². The Hall–Kier alpha value is -3.08. The Labute approximate surface area is 140 Å². The summed E-state index contributed by atoms with van der Waals surface area (Å²) in [4.78, 5) is 6.61. The molecule has 5 nitrogen and oxygen atoms in total. The Morgan fingerprint density at radius 2 is 2.04 bits per heavy atom. The van der Waals surface area contributed by atoms with Crippen LogP contribution in [0.15, 0.2) is 59.0 Å². The summed E-state index contributed by atoms with van der Waals surface area (Å²) >= 11 is 0. The van der Waals surface area contributed by atoms with Gasteiger partial charge in [0, 0.05) is 29.7 Å². The van der Waals surface area contributed by atoms with Crippen molar-refractivity contribution in [3.63, 3.8) is 0 Å². The van der Waals surface area contributed by atoms with Crippen LogP contribution in [0.1, 0.15) is 11.5 Å². The molecule has 1 aliphatic heterocycles. The summed E-state index contributed by atoms with van der Waals surface area (Å²) < 4.78 is 13.3. The van der Waals surface area contributed by atoms with Crippen molar-refractivity contribution in [1.82, 2.24) is 4.98 Å². The summed E-state index contributed by atoms with van der Waals surface area (Å²) in [6.07, 6.45) is 5.90. The topological polar surface area (TPSA) is 42.4 Å². The Morgan fingerprint density at radius 1 is 1.21 bits per heavy atom. The zero-order chi connectivity index (χ0) is 16.7. The van der Waals surface area contributed by atoms with Gasteiger partial charge < -0.3 is 14.1 Å². The van der Waals surface area contributed by atoms with Crippen LogP contribution in [0.5, 0.6) is 0 Å². The summed E-state index contributed by atoms with van der Waals surface area (Å²) in [5.74, 6) is 1.36. The Kier molecular flexibility index (Phi) is 3.34. The largest absolute Gasteiger partial charge is 0.482 e. The van der Waals surface area contributed by atoms with Crippen LogP contribution >= 0.6 is 0 Å². The number of benzene rings is 1. The highest BCUT2D eigenvalue weighted by Gasteiger charge is 2.22. The van der Waals surface area contributed by atoms with Gasteiger partial charge >= 0.3 is 11.5 Å². The molecule has 0 radical (unpaired) electrons. The first-order valence-electron chi connectivity index (χ1n) is 7.73. The SMILES string of the molecule is COC1=C/C(=C\c2nc3c(ccc[n+]3C)o2)c2ccccc2N1C. The highest BCUT2D eigenvalue weighted by molar-refractivity contribution is 5.94. The number of anilines is 1. The normalized spacial score (nSPS) is 15.5. The van der Waals surface area contributed by atoms with E-state index in [2.05, 4.69) is 17.1 Å². The van der Waals surface area contributed by atoms with Crippen LogP contribution in [-0.4, -0.2) is 19.1 Å². The lowest BCUT2D eigenvalue weighted by molar-refractivity contribution is -0.646. The van der Waals surface area contributed by atoms with E-state index >= 15 is 0 Å². The van der Waals surface area contributed by atoms with Gasteiger partial charge in [-0.05, 0) is 23.8 Å². The number of hydrogen-bond donors (Lipinski definition) is 0. The standard InChI is InChI=1S/C19H18N3O2/c1-21-10-6-9-16-19(21)20-17(24-16)11-13-12-18(23-3)22(2)15-8-5-4-7-14(13)15/h4-12H,1-3H3/q+1. The number of rotatable bonds is 2. The Morgan fingerprint density at radius 3 is 2.83 bits per heavy atom. The number of aryl methyl sites for hydroxylation is 1. The molecular weight excluding hydrogens is 302 g/mol. The second kappa shape index (κ2) is 5.53. The molecule has 0 saturated carbocycles. The molecule has 1 aromatic carbocycles. The highest BCUT2D eigenvalue weighted by atomic mass is 16.5. The lowest BCUT2D eigenvalue weighted by Crippen LogP contribution is -2.28. The van der Waals surface area contributed by atoms with Crippen LogP contribution in [0, 0.1) is 0 Å². The molecule has 3 aromatic rings. The third-order valence-corrected chi connectivity index (χ3v) is 4.22.